The molecular weight excluding hydrogens is 518 g/mol. The number of amides is 1. The van der Waals surface area contributed by atoms with Gasteiger partial charge in [0.05, 0.1) is 24.9 Å². The van der Waals surface area contributed by atoms with Gasteiger partial charge in [-0.3, -0.25) is 4.79 Å². The van der Waals surface area contributed by atoms with E-state index in [0.717, 1.165) is 32.1 Å². The van der Waals surface area contributed by atoms with Gasteiger partial charge in [-0.2, -0.15) is 0 Å². The van der Waals surface area contributed by atoms with E-state index in [4.69, 9.17) is 4.74 Å². The third kappa shape index (κ3) is 4.94. The van der Waals surface area contributed by atoms with Gasteiger partial charge in [-0.15, -0.1) is 0 Å². The van der Waals surface area contributed by atoms with Crippen LogP contribution in [0.5, 0.6) is 0 Å². The summed E-state index contributed by atoms with van der Waals surface area (Å²) in [6.07, 6.45) is -0.392. The van der Waals surface area contributed by atoms with Crippen LogP contribution in [0, 0.1) is 46.3 Å². The first-order chi connectivity index (χ1) is 18.8. The van der Waals surface area contributed by atoms with Crippen molar-refractivity contribution < 1.29 is 45.3 Å². The molecule has 1 saturated heterocycles. The zero-order valence-corrected chi connectivity index (χ0v) is 24.1. The van der Waals surface area contributed by atoms with Crippen molar-refractivity contribution in [2.24, 2.45) is 46.3 Å². The molecule has 1 heterocycles. The highest BCUT2D eigenvalue weighted by Crippen LogP contribution is 2.68. The first-order valence-corrected chi connectivity index (χ1v) is 15.5. The number of nitrogens with one attached hydrogen (secondary N) is 1. The topological polar surface area (TPSA) is 180 Å². The molecule has 5 fully saturated rings. The summed E-state index contributed by atoms with van der Waals surface area (Å²) in [6.45, 7) is 6.06. The zero-order valence-electron chi connectivity index (χ0n) is 24.1. The maximum Gasteiger partial charge on any atom is 0.220 e. The predicted octanol–water partition coefficient (Wildman–Crippen LogP) is 0.280. The molecule has 0 aromatic heterocycles. The molecule has 0 radical (unpaired) electrons. The first kappa shape index (κ1) is 30.6. The van der Waals surface area contributed by atoms with E-state index < -0.39 is 49.5 Å². The van der Waals surface area contributed by atoms with Crippen LogP contribution in [-0.4, -0.2) is 97.2 Å². The fourth-order valence-electron chi connectivity index (χ4n) is 10.2. The number of hydrogen-bond acceptors (Lipinski definition) is 9. The van der Waals surface area contributed by atoms with E-state index in [1.54, 1.807) is 0 Å². The third-order valence-electron chi connectivity index (χ3n) is 12.6. The molecule has 1 amide bonds. The summed E-state index contributed by atoms with van der Waals surface area (Å²) < 4.78 is 5.14. The number of fused-ring (bicyclic) bond motifs is 5. The fraction of sp³-hybridized carbons (Fsp3) is 0.967. The molecular formula is C30H51NO9. The molecule has 16 atom stereocenters. The quantitative estimate of drug-likeness (QED) is 0.223. The predicted molar refractivity (Wildman–Crippen MR) is 144 cm³/mol. The molecule has 8 N–H and O–H groups in total. The molecule has 10 heteroatoms. The van der Waals surface area contributed by atoms with Crippen LogP contribution in [0.3, 0.4) is 0 Å². The lowest BCUT2D eigenvalue weighted by Gasteiger charge is -2.63. The molecule has 5 rings (SSSR count). The Kier molecular flexibility index (Phi) is 8.67. The highest BCUT2D eigenvalue weighted by Gasteiger charge is 2.65. The Balaban J connectivity index is 1.23. The minimum Gasteiger partial charge on any atom is -0.394 e. The normalized spacial score (nSPS) is 53.2. The van der Waals surface area contributed by atoms with Crippen LogP contribution in [0.4, 0.5) is 0 Å². The molecule has 0 spiro atoms. The van der Waals surface area contributed by atoms with Crippen LogP contribution >= 0.6 is 0 Å². The SMILES string of the molecule is C[C@H](CCC(=O)N[C@H]1C(O)O[C@H](CO)[C@@H](O)[C@@H]1O)[C@H]1CC[C@H]2[C@@H]3[C@H](O)C[C@@H]4C[C@H](O)CC[C@]4(C)[C@H]3C[C@H](O)[C@]12C. The standard InChI is InChI=1S/C30H51NO9/c1-14(4-7-23(36)31-25-27(38)26(37)21(13-32)40-28(25)39)17-5-6-18-24-19(12-22(35)30(17,18)3)29(2)9-8-16(33)10-15(29)11-20(24)34/h14-22,24-28,32-35,37-39H,4-13H2,1-3H3,(H,31,36)/t14-,15+,16-,17-,18+,19+,20-,21-,22+,24+,25-,26-,27-,28?,29+,30-/m1/s1. The second-order valence-corrected chi connectivity index (χ2v) is 14.4. The second kappa shape index (κ2) is 11.3. The molecule has 0 bridgehead atoms. The molecule has 0 aromatic rings. The molecule has 0 aromatic carbocycles. The molecule has 4 saturated carbocycles. The molecule has 10 nitrogen and oxygen atoms in total. The minimum absolute atomic E-state index is 0.0238. The molecule has 1 unspecified atom stereocenters. The lowest BCUT2D eigenvalue weighted by Crippen LogP contribution is -2.64. The largest absolute Gasteiger partial charge is 0.394 e. The highest BCUT2D eigenvalue weighted by molar-refractivity contribution is 5.76. The highest BCUT2D eigenvalue weighted by atomic mass is 16.6. The van der Waals surface area contributed by atoms with Gasteiger partial charge in [0.15, 0.2) is 6.29 Å². The first-order valence-electron chi connectivity index (χ1n) is 15.5. The summed E-state index contributed by atoms with van der Waals surface area (Å²) >= 11 is 0. The van der Waals surface area contributed by atoms with Gasteiger partial charge in [0.1, 0.15) is 24.4 Å². The van der Waals surface area contributed by atoms with Crippen molar-refractivity contribution in [1.82, 2.24) is 5.32 Å². The van der Waals surface area contributed by atoms with Crippen molar-refractivity contribution in [2.75, 3.05) is 6.61 Å². The van der Waals surface area contributed by atoms with Crippen molar-refractivity contribution in [2.45, 2.75) is 128 Å². The molecule has 4 aliphatic carbocycles. The Morgan fingerprint density at radius 3 is 2.40 bits per heavy atom. The average molecular weight is 570 g/mol. The van der Waals surface area contributed by atoms with Crippen molar-refractivity contribution in [1.29, 1.82) is 0 Å². The summed E-state index contributed by atoms with van der Waals surface area (Å²) in [5.74, 6) is 0.787. The number of carbonyl (C=O) groups is 1. The molecule has 230 valence electrons. The lowest BCUT2D eigenvalue weighted by atomic mass is 9.43. The van der Waals surface area contributed by atoms with Gasteiger partial charge in [0, 0.05) is 6.42 Å². The smallest absolute Gasteiger partial charge is 0.220 e. The van der Waals surface area contributed by atoms with Crippen molar-refractivity contribution in [3.05, 3.63) is 0 Å². The van der Waals surface area contributed by atoms with Gasteiger partial charge in [0.2, 0.25) is 5.91 Å². The van der Waals surface area contributed by atoms with E-state index in [2.05, 4.69) is 26.1 Å². The number of aliphatic hydroxyl groups excluding tert-OH is 7. The van der Waals surface area contributed by atoms with E-state index in [1.165, 1.54) is 0 Å². The minimum atomic E-state index is -1.55. The number of ether oxygens (including phenoxy) is 1. The second-order valence-electron chi connectivity index (χ2n) is 14.4. The fourth-order valence-corrected chi connectivity index (χ4v) is 10.2. The van der Waals surface area contributed by atoms with Gasteiger partial charge in [0.25, 0.3) is 0 Å². The maximum absolute atomic E-state index is 12.8. The van der Waals surface area contributed by atoms with E-state index in [-0.39, 0.29) is 64.8 Å². The van der Waals surface area contributed by atoms with Gasteiger partial charge in [-0.1, -0.05) is 20.8 Å². The van der Waals surface area contributed by atoms with E-state index in [1.807, 2.05) is 0 Å². The van der Waals surface area contributed by atoms with Crippen molar-refractivity contribution in [3.63, 3.8) is 0 Å². The third-order valence-corrected chi connectivity index (χ3v) is 12.6. The van der Waals surface area contributed by atoms with Crippen LogP contribution in [0.1, 0.15) is 78.6 Å². The molecule has 1 aliphatic heterocycles. The lowest BCUT2D eigenvalue weighted by molar-refractivity contribution is -0.253. The number of aliphatic hydroxyl groups is 7. The van der Waals surface area contributed by atoms with Gasteiger partial charge in [-0.05, 0) is 97.7 Å². The van der Waals surface area contributed by atoms with Crippen molar-refractivity contribution in [3.8, 4) is 0 Å². The average Bonchev–Trinajstić information content (AvgIpc) is 3.27. The Morgan fingerprint density at radius 2 is 1.70 bits per heavy atom. The van der Waals surface area contributed by atoms with Crippen LogP contribution in [0.2, 0.25) is 0 Å². The van der Waals surface area contributed by atoms with E-state index in [9.17, 15) is 40.5 Å². The Morgan fingerprint density at radius 1 is 0.975 bits per heavy atom. The van der Waals surface area contributed by atoms with E-state index in [0.29, 0.717) is 19.3 Å². The van der Waals surface area contributed by atoms with Crippen LogP contribution in [0.15, 0.2) is 0 Å². The monoisotopic (exact) mass is 569 g/mol. The Bertz CT molecular complexity index is 922. The van der Waals surface area contributed by atoms with Crippen LogP contribution < -0.4 is 5.32 Å². The summed E-state index contributed by atoms with van der Waals surface area (Å²) in [6, 6.07) is -1.20. The summed E-state index contributed by atoms with van der Waals surface area (Å²) in [5, 5.41) is 76.0. The maximum atomic E-state index is 12.8. The summed E-state index contributed by atoms with van der Waals surface area (Å²) in [5.41, 5.74) is -0.335. The summed E-state index contributed by atoms with van der Waals surface area (Å²) in [7, 11) is 0. The number of carbonyl (C=O) groups excluding carboxylic acids is 1. The summed E-state index contributed by atoms with van der Waals surface area (Å²) in [4.78, 5) is 12.8. The van der Waals surface area contributed by atoms with Gasteiger partial charge >= 0.3 is 0 Å². The number of rotatable bonds is 6. The molecule has 5 aliphatic rings. The van der Waals surface area contributed by atoms with Crippen molar-refractivity contribution >= 4 is 5.91 Å². The Hall–Kier alpha value is -0.850. The van der Waals surface area contributed by atoms with Gasteiger partial charge < -0.3 is 45.8 Å². The van der Waals surface area contributed by atoms with Crippen LogP contribution in [0.25, 0.3) is 0 Å². The van der Waals surface area contributed by atoms with E-state index >= 15 is 0 Å². The zero-order chi connectivity index (χ0) is 29.1. The molecule has 40 heavy (non-hydrogen) atoms. The Labute approximate surface area is 237 Å². The van der Waals surface area contributed by atoms with Crippen LogP contribution in [-0.2, 0) is 9.53 Å². The number of hydrogen-bond donors (Lipinski definition) is 8. The van der Waals surface area contributed by atoms with Gasteiger partial charge in [-0.25, -0.2) is 0 Å².